The van der Waals surface area contributed by atoms with Gasteiger partial charge in [0.15, 0.2) is 0 Å². The zero-order chi connectivity index (χ0) is 22.4. The van der Waals surface area contributed by atoms with Crippen LogP contribution in [0, 0.1) is 0 Å². The normalized spacial score (nSPS) is 18.1. The maximum Gasteiger partial charge on any atom is 0.295 e. The molecule has 2 aromatic carbocycles. The maximum absolute atomic E-state index is 13.0. The minimum absolute atomic E-state index is 0.118. The molecule has 1 aliphatic heterocycles. The van der Waals surface area contributed by atoms with Gasteiger partial charge >= 0.3 is 0 Å². The Morgan fingerprint density at radius 3 is 2.42 bits per heavy atom. The Hall–Kier alpha value is -3.12. The average molecular weight is 423 g/mol. The number of nitrogens with zero attached hydrogens (tertiary/aromatic N) is 2. The van der Waals surface area contributed by atoms with Crippen molar-refractivity contribution in [3.05, 3.63) is 71.3 Å². The van der Waals surface area contributed by atoms with Crippen molar-refractivity contribution in [1.29, 1.82) is 0 Å². The number of rotatable bonds is 9. The van der Waals surface area contributed by atoms with Crippen LogP contribution in [0.25, 0.3) is 5.76 Å². The summed E-state index contributed by atoms with van der Waals surface area (Å²) < 4.78 is 5.24. The predicted molar refractivity (Wildman–Crippen MR) is 121 cm³/mol. The number of Topliss-reactive ketones (excluding diaryl/α,β-unsaturated/α-hetero) is 1. The lowest BCUT2D eigenvalue weighted by molar-refractivity contribution is -0.140. The fraction of sp³-hybridized carbons (Fsp3) is 0.360. The molecular formula is C25H30N2O4. The molecule has 6 heteroatoms. The van der Waals surface area contributed by atoms with Gasteiger partial charge in [-0.25, -0.2) is 0 Å². The number of hydrogen-bond acceptors (Lipinski definition) is 5. The van der Waals surface area contributed by atoms with Crippen LogP contribution < -0.4 is 4.74 Å². The topological polar surface area (TPSA) is 70.1 Å². The number of aliphatic hydroxyl groups excluding tert-OH is 1. The highest BCUT2D eigenvalue weighted by Crippen LogP contribution is 2.39. The van der Waals surface area contributed by atoms with Crippen LogP contribution in [0.4, 0.5) is 0 Å². The van der Waals surface area contributed by atoms with Gasteiger partial charge in [-0.3, -0.25) is 9.59 Å². The van der Waals surface area contributed by atoms with Crippen LogP contribution in [-0.2, 0) is 9.59 Å². The minimum Gasteiger partial charge on any atom is -0.507 e. The number of likely N-dealkylation sites (tertiary alicyclic amines) is 1. The number of methoxy groups -OCH3 is 1. The van der Waals surface area contributed by atoms with Crippen LogP contribution in [0.1, 0.15) is 37.4 Å². The van der Waals surface area contributed by atoms with E-state index in [0.29, 0.717) is 17.9 Å². The third-order valence-electron chi connectivity index (χ3n) is 5.77. The lowest BCUT2D eigenvalue weighted by atomic mass is 9.95. The minimum atomic E-state index is -0.656. The molecule has 0 aromatic heterocycles. The summed E-state index contributed by atoms with van der Waals surface area (Å²) in [4.78, 5) is 29.9. The first-order valence-electron chi connectivity index (χ1n) is 10.7. The average Bonchev–Trinajstić information content (AvgIpc) is 3.07. The summed E-state index contributed by atoms with van der Waals surface area (Å²) in [6.07, 6.45) is 0.747. The SMILES string of the molecule is CCN(CC)CCCN1C(=O)C(=O)/C(=C(/O)c2cccc(OC)c2)[C@@H]1c1ccccc1. The van der Waals surface area contributed by atoms with Gasteiger partial charge in [-0.15, -0.1) is 0 Å². The highest BCUT2D eigenvalue weighted by Gasteiger charge is 2.45. The first-order chi connectivity index (χ1) is 15.0. The monoisotopic (exact) mass is 422 g/mol. The Bertz CT molecular complexity index is 951. The van der Waals surface area contributed by atoms with E-state index in [1.807, 2.05) is 30.3 Å². The molecular weight excluding hydrogens is 392 g/mol. The van der Waals surface area contributed by atoms with Crippen molar-refractivity contribution in [2.24, 2.45) is 0 Å². The van der Waals surface area contributed by atoms with Crippen LogP contribution in [0.2, 0.25) is 0 Å². The fourth-order valence-electron chi connectivity index (χ4n) is 4.02. The highest BCUT2D eigenvalue weighted by molar-refractivity contribution is 6.46. The first kappa shape index (κ1) is 22.6. The van der Waals surface area contributed by atoms with Crippen molar-refractivity contribution in [3.8, 4) is 5.75 Å². The van der Waals surface area contributed by atoms with E-state index >= 15 is 0 Å². The van der Waals surface area contributed by atoms with Gasteiger partial charge in [0, 0.05) is 12.1 Å². The van der Waals surface area contributed by atoms with Crippen LogP contribution in [-0.4, -0.2) is 59.9 Å². The number of ether oxygens (including phenoxy) is 1. The Labute approximate surface area is 183 Å². The summed E-state index contributed by atoms with van der Waals surface area (Å²) in [7, 11) is 1.54. The van der Waals surface area contributed by atoms with Crippen molar-refractivity contribution >= 4 is 17.4 Å². The van der Waals surface area contributed by atoms with Gasteiger partial charge in [0.1, 0.15) is 11.5 Å². The molecule has 1 N–H and O–H groups in total. The molecule has 0 saturated carbocycles. The number of ketones is 1. The molecule has 6 nitrogen and oxygen atoms in total. The lowest BCUT2D eigenvalue weighted by Crippen LogP contribution is -2.33. The number of benzene rings is 2. The van der Waals surface area contributed by atoms with Gasteiger partial charge in [0.2, 0.25) is 0 Å². The molecule has 2 aromatic rings. The van der Waals surface area contributed by atoms with E-state index in [0.717, 1.165) is 31.6 Å². The first-order valence-corrected chi connectivity index (χ1v) is 10.7. The molecule has 1 amide bonds. The molecule has 1 saturated heterocycles. The van der Waals surface area contributed by atoms with Crippen LogP contribution >= 0.6 is 0 Å². The van der Waals surface area contributed by atoms with E-state index in [9.17, 15) is 14.7 Å². The molecule has 1 heterocycles. The summed E-state index contributed by atoms with van der Waals surface area (Å²) in [6.45, 7) is 7.37. The molecule has 0 aliphatic carbocycles. The van der Waals surface area contributed by atoms with E-state index in [4.69, 9.17) is 4.74 Å². The number of carbonyl (C=O) groups excluding carboxylic acids is 2. The fourth-order valence-corrected chi connectivity index (χ4v) is 4.02. The lowest BCUT2D eigenvalue weighted by Gasteiger charge is -2.26. The Morgan fingerprint density at radius 2 is 1.77 bits per heavy atom. The number of carbonyl (C=O) groups is 2. The molecule has 0 unspecified atom stereocenters. The molecule has 3 rings (SSSR count). The van der Waals surface area contributed by atoms with E-state index in [1.165, 1.54) is 7.11 Å². The van der Waals surface area contributed by atoms with Crippen molar-refractivity contribution in [2.45, 2.75) is 26.3 Å². The molecule has 0 radical (unpaired) electrons. The second-order valence-corrected chi connectivity index (χ2v) is 7.52. The molecule has 0 spiro atoms. The van der Waals surface area contributed by atoms with E-state index in [1.54, 1.807) is 29.2 Å². The predicted octanol–water partition coefficient (Wildman–Crippen LogP) is 3.85. The van der Waals surface area contributed by atoms with Crippen molar-refractivity contribution in [3.63, 3.8) is 0 Å². The molecule has 164 valence electrons. The van der Waals surface area contributed by atoms with Gasteiger partial charge in [0.05, 0.1) is 18.7 Å². The van der Waals surface area contributed by atoms with Gasteiger partial charge in [-0.1, -0.05) is 56.3 Å². The molecule has 0 bridgehead atoms. The van der Waals surface area contributed by atoms with Gasteiger partial charge in [-0.2, -0.15) is 0 Å². The summed E-state index contributed by atoms with van der Waals surface area (Å²) in [5.41, 5.74) is 1.36. The van der Waals surface area contributed by atoms with Gasteiger partial charge in [0.25, 0.3) is 11.7 Å². The van der Waals surface area contributed by atoms with Gasteiger partial charge < -0.3 is 19.6 Å². The zero-order valence-electron chi connectivity index (χ0n) is 18.4. The Morgan fingerprint density at radius 1 is 1.06 bits per heavy atom. The quantitative estimate of drug-likeness (QED) is 0.378. The van der Waals surface area contributed by atoms with Crippen molar-refractivity contribution in [1.82, 2.24) is 9.80 Å². The van der Waals surface area contributed by atoms with Crippen LogP contribution in [0.3, 0.4) is 0 Å². The maximum atomic E-state index is 13.0. The third-order valence-corrected chi connectivity index (χ3v) is 5.77. The molecule has 1 atom stereocenters. The van der Waals surface area contributed by atoms with E-state index < -0.39 is 17.7 Å². The standard InChI is InChI=1S/C25H30N2O4/c1-4-26(5-2)15-10-16-27-22(18-11-7-6-8-12-18)21(24(29)25(27)30)23(28)19-13-9-14-20(17-19)31-3/h6-9,11-14,17,22,28H,4-5,10,15-16H2,1-3H3/b23-21+/t22-/m0/s1. The molecule has 1 aliphatic rings. The zero-order valence-corrected chi connectivity index (χ0v) is 18.4. The number of amides is 1. The second kappa shape index (κ2) is 10.3. The van der Waals surface area contributed by atoms with Crippen LogP contribution in [0.5, 0.6) is 5.75 Å². The Balaban J connectivity index is 2.01. The highest BCUT2D eigenvalue weighted by atomic mass is 16.5. The number of aliphatic hydroxyl groups is 1. The second-order valence-electron chi connectivity index (χ2n) is 7.52. The summed E-state index contributed by atoms with van der Waals surface area (Å²) in [5.74, 6) is -0.846. The Kier molecular flexibility index (Phi) is 7.47. The van der Waals surface area contributed by atoms with Crippen molar-refractivity contribution in [2.75, 3.05) is 33.3 Å². The largest absolute Gasteiger partial charge is 0.507 e. The van der Waals surface area contributed by atoms with Crippen LogP contribution in [0.15, 0.2) is 60.2 Å². The summed E-state index contributed by atoms with van der Waals surface area (Å²) >= 11 is 0. The summed E-state index contributed by atoms with van der Waals surface area (Å²) in [6, 6.07) is 15.6. The molecule has 1 fully saturated rings. The van der Waals surface area contributed by atoms with E-state index in [2.05, 4.69) is 18.7 Å². The smallest absolute Gasteiger partial charge is 0.295 e. The third kappa shape index (κ3) is 4.80. The molecule has 31 heavy (non-hydrogen) atoms. The summed E-state index contributed by atoms with van der Waals surface area (Å²) in [5, 5.41) is 11.1. The van der Waals surface area contributed by atoms with Gasteiger partial charge in [-0.05, 0) is 43.8 Å². The van der Waals surface area contributed by atoms with Crippen molar-refractivity contribution < 1.29 is 19.4 Å². The van der Waals surface area contributed by atoms with E-state index in [-0.39, 0.29) is 11.3 Å². The number of hydrogen-bond donors (Lipinski definition) is 1.